The first-order valence-electron chi connectivity index (χ1n) is 9.72. The second-order valence-corrected chi connectivity index (χ2v) is 6.84. The highest BCUT2D eigenvalue weighted by Crippen LogP contribution is 2.32. The summed E-state index contributed by atoms with van der Waals surface area (Å²) in [7, 11) is 0. The van der Waals surface area contributed by atoms with Gasteiger partial charge in [0.25, 0.3) is 11.9 Å². The maximum atomic E-state index is 12.8. The SMILES string of the molecule is CCOC(=NC(=O)c1ccnc(C#N)c1)N1Cc2ccccc2-c2ccccc2C1. The number of fused-ring (bicyclic) bond motifs is 3. The van der Waals surface area contributed by atoms with Crippen LogP contribution in [-0.2, 0) is 17.8 Å². The number of benzene rings is 2. The molecular formula is C24H20N4O2. The molecule has 0 unspecified atom stereocenters. The van der Waals surface area contributed by atoms with Crippen LogP contribution < -0.4 is 0 Å². The number of aromatic nitrogens is 1. The van der Waals surface area contributed by atoms with Crippen molar-refractivity contribution in [3.63, 3.8) is 0 Å². The third-order valence-corrected chi connectivity index (χ3v) is 4.91. The molecule has 0 saturated heterocycles. The fourth-order valence-corrected chi connectivity index (χ4v) is 3.54. The molecule has 0 spiro atoms. The molecule has 0 fully saturated rings. The Bertz CT molecular complexity index is 1120. The average Bonchev–Trinajstić information content (AvgIpc) is 2.95. The summed E-state index contributed by atoms with van der Waals surface area (Å²) in [5.41, 5.74) is 5.09. The summed E-state index contributed by atoms with van der Waals surface area (Å²) in [6, 6.07) is 21.6. The number of carbonyl (C=O) groups is 1. The predicted octanol–water partition coefficient (Wildman–Crippen LogP) is 4.17. The van der Waals surface area contributed by atoms with Crippen molar-refractivity contribution in [2.75, 3.05) is 6.61 Å². The van der Waals surface area contributed by atoms with Gasteiger partial charge in [-0.1, -0.05) is 48.5 Å². The Kier molecular flexibility index (Phi) is 5.53. The summed E-state index contributed by atoms with van der Waals surface area (Å²) >= 11 is 0. The minimum absolute atomic E-state index is 0.173. The molecule has 1 amide bonds. The molecule has 2 heterocycles. The fraction of sp³-hybridized carbons (Fsp3) is 0.167. The number of hydrogen-bond donors (Lipinski definition) is 0. The van der Waals surface area contributed by atoms with Crippen LogP contribution in [0.4, 0.5) is 0 Å². The van der Waals surface area contributed by atoms with E-state index in [1.165, 1.54) is 23.4 Å². The van der Waals surface area contributed by atoms with Crippen LogP contribution in [0.25, 0.3) is 11.1 Å². The molecule has 0 radical (unpaired) electrons. The molecule has 3 aromatic rings. The highest BCUT2D eigenvalue weighted by atomic mass is 16.5. The van der Waals surface area contributed by atoms with E-state index in [0.717, 1.165) is 11.1 Å². The van der Waals surface area contributed by atoms with Crippen molar-refractivity contribution in [3.8, 4) is 17.2 Å². The highest BCUT2D eigenvalue weighted by Gasteiger charge is 2.23. The van der Waals surface area contributed by atoms with Crippen molar-refractivity contribution in [2.45, 2.75) is 20.0 Å². The van der Waals surface area contributed by atoms with E-state index in [9.17, 15) is 4.79 Å². The first-order valence-corrected chi connectivity index (χ1v) is 9.72. The van der Waals surface area contributed by atoms with Gasteiger partial charge in [0.1, 0.15) is 11.8 Å². The van der Waals surface area contributed by atoms with Crippen LogP contribution >= 0.6 is 0 Å². The Morgan fingerprint density at radius 3 is 2.33 bits per heavy atom. The normalized spacial score (nSPS) is 12.9. The number of pyridine rings is 1. The van der Waals surface area contributed by atoms with E-state index in [-0.39, 0.29) is 11.7 Å². The number of amidine groups is 1. The van der Waals surface area contributed by atoms with Crippen LogP contribution in [0.3, 0.4) is 0 Å². The van der Waals surface area contributed by atoms with Crippen LogP contribution in [0, 0.1) is 11.3 Å². The largest absolute Gasteiger partial charge is 0.465 e. The Balaban J connectivity index is 1.73. The summed E-state index contributed by atoms with van der Waals surface area (Å²) in [4.78, 5) is 22.9. The molecule has 6 nitrogen and oxygen atoms in total. The lowest BCUT2D eigenvalue weighted by Crippen LogP contribution is -2.32. The van der Waals surface area contributed by atoms with Gasteiger partial charge < -0.3 is 9.64 Å². The van der Waals surface area contributed by atoms with E-state index >= 15 is 0 Å². The molecular weight excluding hydrogens is 376 g/mol. The van der Waals surface area contributed by atoms with E-state index < -0.39 is 5.91 Å². The number of nitrogens with zero attached hydrogens (tertiary/aromatic N) is 4. The van der Waals surface area contributed by atoms with Crippen molar-refractivity contribution >= 4 is 11.9 Å². The van der Waals surface area contributed by atoms with Gasteiger partial charge in [-0.2, -0.15) is 10.3 Å². The average molecular weight is 396 g/mol. The minimum atomic E-state index is -0.469. The Hall–Kier alpha value is -3.98. The van der Waals surface area contributed by atoms with Crippen molar-refractivity contribution in [1.82, 2.24) is 9.88 Å². The Labute approximate surface area is 175 Å². The fourth-order valence-electron chi connectivity index (χ4n) is 3.54. The summed E-state index contributed by atoms with van der Waals surface area (Å²) in [5, 5.41) is 9.04. The number of hydrogen-bond acceptors (Lipinski definition) is 4. The maximum absolute atomic E-state index is 12.8. The van der Waals surface area contributed by atoms with Crippen LogP contribution in [0.5, 0.6) is 0 Å². The Morgan fingerprint density at radius 2 is 1.73 bits per heavy atom. The lowest BCUT2D eigenvalue weighted by Gasteiger charge is -2.24. The van der Waals surface area contributed by atoms with Gasteiger partial charge in [-0.25, -0.2) is 4.98 Å². The molecule has 0 N–H and O–H groups in total. The molecule has 1 aromatic heterocycles. The van der Waals surface area contributed by atoms with Gasteiger partial charge in [0.15, 0.2) is 0 Å². The minimum Gasteiger partial charge on any atom is -0.465 e. The molecule has 0 bridgehead atoms. The van der Waals surface area contributed by atoms with Gasteiger partial charge >= 0.3 is 0 Å². The summed E-state index contributed by atoms with van der Waals surface area (Å²) in [5.74, 6) is -0.469. The van der Waals surface area contributed by atoms with Crippen LogP contribution in [0.1, 0.15) is 34.1 Å². The zero-order valence-corrected chi connectivity index (χ0v) is 16.6. The van der Waals surface area contributed by atoms with Crippen molar-refractivity contribution in [1.29, 1.82) is 5.26 Å². The van der Waals surface area contributed by atoms with E-state index in [2.05, 4.69) is 34.2 Å². The molecule has 1 aliphatic heterocycles. The second-order valence-electron chi connectivity index (χ2n) is 6.84. The van der Waals surface area contributed by atoms with E-state index in [1.54, 1.807) is 6.07 Å². The number of rotatable bonds is 2. The molecule has 1 aliphatic rings. The predicted molar refractivity (Wildman–Crippen MR) is 113 cm³/mol. The topological polar surface area (TPSA) is 78.6 Å². The van der Waals surface area contributed by atoms with Gasteiger partial charge in [0.2, 0.25) is 0 Å². The molecule has 2 aromatic carbocycles. The highest BCUT2D eigenvalue weighted by molar-refractivity contribution is 6.01. The molecule has 30 heavy (non-hydrogen) atoms. The van der Waals surface area contributed by atoms with E-state index in [4.69, 9.17) is 10.00 Å². The van der Waals surface area contributed by atoms with Crippen LogP contribution in [0.15, 0.2) is 71.9 Å². The zero-order chi connectivity index (χ0) is 20.9. The molecule has 0 aliphatic carbocycles. The maximum Gasteiger partial charge on any atom is 0.296 e. The monoisotopic (exact) mass is 396 g/mol. The van der Waals surface area contributed by atoms with Gasteiger partial charge in [-0.05, 0) is 41.3 Å². The zero-order valence-electron chi connectivity index (χ0n) is 16.6. The molecule has 4 rings (SSSR count). The van der Waals surface area contributed by atoms with E-state index in [1.807, 2.05) is 42.2 Å². The van der Waals surface area contributed by atoms with Crippen molar-refractivity contribution in [2.24, 2.45) is 4.99 Å². The number of nitriles is 1. The quantitative estimate of drug-likeness (QED) is 0.480. The summed E-state index contributed by atoms with van der Waals surface area (Å²) < 4.78 is 5.79. The van der Waals surface area contributed by atoms with E-state index in [0.29, 0.717) is 25.3 Å². The number of carbonyl (C=O) groups excluding carboxylic acids is 1. The number of ether oxygens (including phenoxy) is 1. The third-order valence-electron chi connectivity index (χ3n) is 4.91. The summed E-state index contributed by atoms with van der Waals surface area (Å²) in [6.45, 7) is 3.37. The van der Waals surface area contributed by atoms with Gasteiger partial charge in [-0.3, -0.25) is 4.79 Å². The Morgan fingerprint density at radius 1 is 1.10 bits per heavy atom. The number of amides is 1. The van der Waals surface area contributed by atoms with Crippen molar-refractivity contribution < 1.29 is 9.53 Å². The van der Waals surface area contributed by atoms with Crippen LogP contribution in [0.2, 0.25) is 0 Å². The lowest BCUT2D eigenvalue weighted by molar-refractivity contribution is 0.0993. The molecule has 0 saturated carbocycles. The molecule has 148 valence electrons. The number of aliphatic imine (C=N–C) groups is 1. The standard InChI is InChI=1S/C24H20N4O2/c1-2-30-24(27-23(29)17-11-12-26-20(13-17)14-25)28-15-18-7-3-5-9-21(18)22-10-6-4-8-19(22)16-28/h3-13H,2,15-16H2,1H3. The van der Waals surface area contributed by atoms with Gasteiger partial charge in [-0.15, -0.1) is 0 Å². The third kappa shape index (κ3) is 3.91. The van der Waals surface area contributed by atoms with Crippen molar-refractivity contribution in [3.05, 3.63) is 89.2 Å². The molecule has 6 heteroatoms. The molecule has 0 atom stereocenters. The first-order chi connectivity index (χ1) is 14.7. The lowest BCUT2D eigenvalue weighted by atomic mass is 9.97. The van der Waals surface area contributed by atoms with Gasteiger partial charge in [0, 0.05) is 24.8 Å². The second kappa shape index (κ2) is 8.58. The summed E-state index contributed by atoms with van der Waals surface area (Å²) in [6.07, 6.45) is 1.43. The van der Waals surface area contributed by atoms with Gasteiger partial charge in [0.05, 0.1) is 6.61 Å². The first kappa shape index (κ1) is 19.3. The smallest absolute Gasteiger partial charge is 0.296 e. The van der Waals surface area contributed by atoms with Crippen LogP contribution in [-0.4, -0.2) is 28.4 Å².